The lowest BCUT2D eigenvalue weighted by Gasteiger charge is -2.00. The summed E-state index contributed by atoms with van der Waals surface area (Å²) in [6, 6.07) is 18.7. The molecule has 1 N–H and O–H groups in total. The molecule has 0 saturated heterocycles. The first-order valence-electron chi connectivity index (χ1n) is 6.65. The molecule has 1 aromatic heterocycles. The molecule has 0 fully saturated rings. The third-order valence-electron chi connectivity index (χ3n) is 3.26. The zero-order chi connectivity index (χ0) is 13.8. The van der Waals surface area contributed by atoms with E-state index in [0.717, 1.165) is 34.4 Å². The molecule has 0 radical (unpaired) electrons. The lowest BCUT2D eigenvalue weighted by atomic mass is 10.1. The number of rotatable bonds is 4. The average Bonchev–Trinajstić information content (AvgIpc) is 2.95. The van der Waals surface area contributed by atoms with Gasteiger partial charge in [-0.05, 0) is 24.1 Å². The fourth-order valence-electron chi connectivity index (χ4n) is 2.20. The Bertz CT molecular complexity index is 689. The first-order chi connectivity index (χ1) is 9.81. The molecule has 20 heavy (non-hydrogen) atoms. The Morgan fingerprint density at radius 2 is 1.80 bits per heavy atom. The van der Waals surface area contributed by atoms with Gasteiger partial charge in [-0.25, -0.2) is 4.98 Å². The van der Waals surface area contributed by atoms with E-state index in [1.165, 1.54) is 5.56 Å². The van der Waals surface area contributed by atoms with E-state index in [2.05, 4.69) is 62.3 Å². The number of hydrogen-bond donors (Lipinski definition) is 1. The van der Waals surface area contributed by atoms with Crippen molar-refractivity contribution in [3.05, 3.63) is 76.7 Å². The summed E-state index contributed by atoms with van der Waals surface area (Å²) in [7, 11) is 0. The first-order valence-corrected chi connectivity index (χ1v) is 7.44. The van der Waals surface area contributed by atoms with Gasteiger partial charge in [0.15, 0.2) is 0 Å². The van der Waals surface area contributed by atoms with E-state index in [4.69, 9.17) is 0 Å². The summed E-state index contributed by atoms with van der Waals surface area (Å²) in [5, 5.41) is 0. The maximum absolute atomic E-state index is 4.47. The third kappa shape index (κ3) is 3.17. The predicted octanol–water partition coefficient (Wildman–Crippen LogP) is 4.62. The summed E-state index contributed by atoms with van der Waals surface area (Å²) in [6.45, 7) is 0. The van der Waals surface area contributed by atoms with Gasteiger partial charge in [0.25, 0.3) is 0 Å². The Balaban J connectivity index is 1.71. The minimum absolute atomic E-state index is 0.929. The summed E-state index contributed by atoms with van der Waals surface area (Å²) in [5.41, 5.74) is 3.56. The molecule has 3 heteroatoms. The summed E-state index contributed by atoms with van der Waals surface area (Å²) in [6.07, 6.45) is 3.84. The molecule has 0 unspecified atom stereocenters. The van der Waals surface area contributed by atoms with Crippen molar-refractivity contribution in [2.24, 2.45) is 0 Å². The predicted molar refractivity (Wildman–Crippen MR) is 85.6 cm³/mol. The van der Waals surface area contributed by atoms with Gasteiger partial charge in [-0.1, -0.05) is 58.4 Å². The van der Waals surface area contributed by atoms with Gasteiger partial charge in [0.1, 0.15) is 5.82 Å². The van der Waals surface area contributed by atoms with Gasteiger partial charge in [-0.15, -0.1) is 0 Å². The van der Waals surface area contributed by atoms with Crippen LogP contribution < -0.4 is 0 Å². The molecule has 1 heterocycles. The van der Waals surface area contributed by atoms with Crippen LogP contribution in [0.5, 0.6) is 0 Å². The van der Waals surface area contributed by atoms with Crippen LogP contribution >= 0.6 is 15.9 Å². The summed E-state index contributed by atoms with van der Waals surface area (Å²) < 4.78 is 1.08. The van der Waals surface area contributed by atoms with Crippen molar-refractivity contribution in [1.29, 1.82) is 0 Å². The average molecular weight is 327 g/mol. The highest BCUT2D eigenvalue weighted by Gasteiger charge is 2.04. The van der Waals surface area contributed by atoms with Crippen LogP contribution in [0.15, 0.2) is 65.3 Å². The van der Waals surface area contributed by atoms with E-state index in [1.807, 2.05) is 24.4 Å². The highest BCUT2D eigenvalue weighted by atomic mass is 79.9. The number of H-pyrrole nitrogens is 1. The van der Waals surface area contributed by atoms with Gasteiger partial charge < -0.3 is 4.98 Å². The SMILES string of the molecule is Brc1cccc(-c2cnc(CCc3ccccc3)[nH]2)c1. The van der Waals surface area contributed by atoms with Crippen molar-refractivity contribution in [2.75, 3.05) is 0 Å². The fourth-order valence-corrected chi connectivity index (χ4v) is 2.60. The molecule has 0 saturated carbocycles. The van der Waals surface area contributed by atoms with Crippen LogP contribution in [0.1, 0.15) is 11.4 Å². The van der Waals surface area contributed by atoms with E-state index >= 15 is 0 Å². The Labute approximate surface area is 127 Å². The van der Waals surface area contributed by atoms with Crippen molar-refractivity contribution >= 4 is 15.9 Å². The molecule has 0 spiro atoms. The molecule has 0 amide bonds. The number of aryl methyl sites for hydroxylation is 2. The Morgan fingerprint density at radius 1 is 0.950 bits per heavy atom. The lowest BCUT2D eigenvalue weighted by Crippen LogP contribution is -1.93. The quantitative estimate of drug-likeness (QED) is 0.744. The van der Waals surface area contributed by atoms with Crippen molar-refractivity contribution in [3.63, 3.8) is 0 Å². The molecule has 0 aliphatic carbocycles. The second-order valence-electron chi connectivity index (χ2n) is 4.74. The Kier molecular flexibility index (Phi) is 3.97. The topological polar surface area (TPSA) is 28.7 Å². The molecule has 2 aromatic carbocycles. The van der Waals surface area contributed by atoms with Crippen LogP contribution in [0, 0.1) is 0 Å². The molecule has 2 nitrogen and oxygen atoms in total. The van der Waals surface area contributed by atoms with Crippen molar-refractivity contribution in [2.45, 2.75) is 12.8 Å². The van der Waals surface area contributed by atoms with Crippen LogP contribution in [-0.2, 0) is 12.8 Å². The lowest BCUT2D eigenvalue weighted by molar-refractivity contribution is 0.885. The molecule has 100 valence electrons. The number of hydrogen-bond acceptors (Lipinski definition) is 1. The van der Waals surface area contributed by atoms with Crippen LogP contribution in [0.4, 0.5) is 0 Å². The van der Waals surface area contributed by atoms with Gasteiger partial charge in [-0.3, -0.25) is 0 Å². The van der Waals surface area contributed by atoms with E-state index in [9.17, 15) is 0 Å². The number of halogens is 1. The molecular weight excluding hydrogens is 312 g/mol. The number of aromatic amines is 1. The van der Waals surface area contributed by atoms with E-state index in [1.54, 1.807) is 0 Å². The summed E-state index contributed by atoms with van der Waals surface area (Å²) in [5.74, 6) is 1.03. The van der Waals surface area contributed by atoms with Crippen LogP contribution in [0.25, 0.3) is 11.3 Å². The second kappa shape index (κ2) is 6.06. The number of imidazole rings is 1. The molecule has 0 atom stereocenters. The smallest absolute Gasteiger partial charge is 0.106 e. The Morgan fingerprint density at radius 3 is 2.60 bits per heavy atom. The zero-order valence-corrected chi connectivity index (χ0v) is 12.6. The van der Waals surface area contributed by atoms with Crippen LogP contribution in [0.3, 0.4) is 0 Å². The van der Waals surface area contributed by atoms with Gasteiger partial charge in [0.2, 0.25) is 0 Å². The van der Waals surface area contributed by atoms with Crippen LogP contribution in [0.2, 0.25) is 0 Å². The third-order valence-corrected chi connectivity index (χ3v) is 3.75. The maximum atomic E-state index is 4.47. The van der Waals surface area contributed by atoms with Gasteiger partial charge in [0.05, 0.1) is 11.9 Å². The van der Waals surface area contributed by atoms with E-state index < -0.39 is 0 Å². The first kappa shape index (κ1) is 13.1. The minimum atomic E-state index is 0.929. The maximum Gasteiger partial charge on any atom is 0.106 e. The number of benzene rings is 2. The standard InChI is InChI=1S/C17H15BrN2/c18-15-8-4-7-14(11-15)16-12-19-17(20-16)10-9-13-5-2-1-3-6-13/h1-8,11-12H,9-10H2,(H,19,20). The van der Waals surface area contributed by atoms with Crippen molar-refractivity contribution in [1.82, 2.24) is 9.97 Å². The van der Waals surface area contributed by atoms with Gasteiger partial charge >= 0.3 is 0 Å². The molecule has 3 rings (SSSR count). The largest absolute Gasteiger partial charge is 0.342 e. The van der Waals surface area contributed by atoms with Crippen LogP contribution in [-0.4, -0.2) is 9.97 Å². The molecule has 0 aliphatic rings. The van der Waals surface area contributed by atoms with Crippen molar-refractivity contribution < 1.29 is 0 Å². The highest BCUT2D eigenvalue weighted by molar-refractivity contribution is 9.10. The highest BCUT2D eigenvalue weighted by Crippen LogP contribution is 2.21. The molecule has 0 aliphatic heterocycles. The minimum Gasteiger partial charge on any atom is -0.342 e. The fraction of sp³-hybridized carbons (Fsp3) is 0.118. The molecular formula is C17H15BrN2. The van der Waals surface area contributed by atoms with E-state index in [0.29, 0.717) is 0 Å². The monoisotopic (exact) mass is 326 g/mol. The summed E-state index contributed by atoms with van der Waals surface area (Å²) >= 11 is 3.49. The zero-order valence-electron chi connectivity index (χ0n) is 11.0. The summed E-state index contributed by atoms with van der Waals surface area (Å²) in [4.78, 5) is 7.86. The normalized spacial score (nSPS) is 10.7. The number of nitrogens with zero attached hydrogens (tertiary/aromatic N) is 1. The second-order valence-corrected chi connectivity index (χ2v) is 5.66. The number of aromatic nitrogens is 2. The van der Waals surface area contributed by atoms with E-state index in [-0.39, 0.29) is 0 Å². The number of nitrogens with one attached hydrogen (secondary N) is 1. The van der Waals surface area contributed by atoms with Gasteiger partial charge in [0, 0.05) is 16.5 Å². The molecule has 3 aromatic rings. The van der Waals surface area contributed by atoms with Crippen molar-refractivity contribution in [3.8, 4) is 11.3 Å². The Hall–Kier alpha value is -1.87. The molecule has 0 bridgehead atoms. The van der Waals surface area contributed by atoms with Gasteiger partial charge in [-0.2, -0.15) is 0 Å².